The van der Waals surface area contributed by atoms with Crippen molar-refractivity contribution >= 4 is 39.6 Å². The van der Waals surface area contributed by atoms with E-state index >= 15 is 0 Å². The first-order valence-electron chi connectivity index (χ1n) is 19.1. The molecule has 3 rings (SSSR count). The van der Waals surface area contributed by atoms with Crippen molar-refractivity contribution < 1.29 is 32.4 Å². The summed E-state index contributed by atoms with van der Waals surface area (Å²) in [6.07, 6.45) is 9.47. The van der Waals surface area contributed by atoms with Crippen LogP contribution < -0.4 is 21.3 Å². The van der Waals surface area contributed by atoms with Gasteiger partial charge in [-0.25, -0.2) is 13.2 Å². The summed E-state index contributed by atoms with van der Waals surface area (Å²) >= 11 is 0. The van der Waals surface area contributed by atoms with Gasteiger partial charge in [0.1, 0.15) is 12.1 Å². The van der Waals surface area contributed by atoms with E-state index in [-0.39, 0.29) is 48.9 Å². The van der Waals surface area contributed by atoms with Gasteiger partial charge in [0.2, 0.25) is 27.6 Å². The highest BCUT2D eigenvalue weighted by Gasteiger charge is 2.47. The van der Waals surface area contributed by atoms with Crippen LogP contribution >= 0.6 is 0 Å². The summed E-state index contributed by atoms with van der Waals surface area (Å²) in [5.41, 5.74) is -0.481. The molecule has 0 aromatic heterocycles. The van der Waals surface area contributed by atoms with Crippen molar-refractivity contribution in [3.63, 3.8) is 0 Å². The van der Waals surface area contributed by atoms with E-state index in [0.717, 1.165) is 44.9 Å². The molecule has 3 fully saturated rings. The molecule has 4 N–H and O–H groups in total. The lowest BCUT2D eigenvalue weighted by Crippen LogP contribution is -2.61. The van der Waals surface area contributed by atoms with Crippen molar-refractivity contribution in [2.24, 2.45) is 23.2 Å². The molecule has 0 radical (unpaired) electrons. The number of ketones is 1. The third-order valence-electron chi connectivity index (χ3n) is 10.8. The number of sulfonamides is 1. The third-order valence-corrected chi connectivity index (χ3v) is 12.7. The molecular formula is C37H64N6O7S. The molecule has 1 aliphatic carbocycles. The summed E-state index contributed by atoms with van der Waals surface area (Å²) in [5, 5.41) is 11.4. The molecule has 0 aromatic carbocycles. The number of nitrogens with zero attached hydrogens (tertiary/aromatic N) is 2. The lowest BCUT2D eigenvalue weighted by Gasteiger charge is -2.38. The monoisotopic (exact) mass is 736 g/mol. The van der Waals surface area contributed by atoms with E-state index in [1.54, 1.807) is 4.90 Å². The van der Waals surface area contributed by atoms with Crippen molar-refractivity contribution in [1.82, 2.24) is 30.5 Å². The highest BCUT2D eigenvalue weighted by Crippen LogP contribution is 2.34. The van der Waals surface area contributed by atoms with Gasteiger partial charge in [0.25, 0.3) is 5.91 Å². The van der Waals surface area contributed by atoms with Gasteiger partial charge in [0, 0.05) is 32.2 Å². The predicted molar refractivity (Wildman–Crippen MR) is 198 cm³/mol. The fraction of sp³-hybridized carbons (Fsp3) is 0.811. The molecule has 290 valence electrons. The number of unbranched alkanes of at least 4 members (excludes halogenated alkanes) is 1. The second kappa shape index (κ2) is 19.2. The van der Waals surface area contributed by atoms with Gasteiger partial charge in [-0.2, -0.15) is 4.31 Å². The van der Waals surface area contributed by atoms with Crippen LogP contribution in [0.1, 0.15) is 112 Å². The van der Waals surface area contributed by atoms with Gasteiger partial charge in [-0.05, 0) is 61.7 Å². The SMILES string of the molecule is C=CCNC(=O)C(=O)C(CCCC)NC(=O)[C@@H]1C(C(C)C)CCN1C(=O)[C@@H](NC(=O)N[C@H](CN1CCCCS1(=O)=O)C(C)(C)C)C1CCCCC1. The molecule has 0 spiro atoms. The smallest absolute Gasteiger partial charge is 0.315 e. The Kier molecular flexibility index (Phi) is 16.0. The second-order valence-corrected chi connectivity index (χ2v) is 18.1. The minimum Gasteiger partial charge on any atom is -0.346 e. The van der Waals surface area contributed by atoms with Crippen LogP contribution in [0.4, 0.5) is 4.79 Å². The van der Waals surface area contributed by atoms with Crippen molar-refractivity contribution in [3.05, 3.63) is 12.7 Å². The van der Waals surface area contributed by atoms with Crippen LogP contribution in [0.15, 0.2) is 12.7 Å². The number of carbonyl (C=O) groups excluding carboxylic acids is 5. The Morgan fingerprint density at radius 2 is 1.61 bits per heavy atom. The highest BCUT2D eigenvalue weighted by molar-refractivity contribution is 7.89. The maximum atomic E-state index is 14.6. The molecule has 2 saturated heterocycles. The number of nitrogens with one attached hydrogen (secondary N) is 4. The molecule has 0 aromatic rings. The fourth-order valence-electron chi connectivity index (χ4n) is 7.60. The van der Waals surface area contributed by atoms with Crippen molar-refractivity contribution in [2.45, 2.75) is 136 Å². The topological polar surface area (TPSA) is 174 Å². The number of rotatable bonds is 16. The van der Waals surface area contributed by atoms with E-state index in [2.05, 4.69) is 27.8 Å². The van der Waals surface area contributed by atoms with Crippen LogP contribution in [0.2, 0.25) is 0 Å². The summed E-state index contributed by atoms with van der Waals surface area (Å²) in [5.74, 6) is -2.55. The van der Waals surface area contributed by atoms with Crippen LogP contribution in [-0.4, -0.2) is 103 Å². The van der Waals surface area contributed by atoms with Crippen LogP contribution in [0.3, 0.4) is 0 Å². The zero-order valence-corrected chi connectivity index (χ0v) is 32.6. The largest absolute Gasteiger partial charge is 0.346 e. The molecule has 2 unspecified atom stereocenters. The van der Waals surface area contributed by atoms with Gasteiger partial charge in [0.05, 0.1) is 11.8 Å². The maximum Gasteiger partial charge on any atom is 0.315 e. The highest BCUT2D eigenvalue weighted by atomic mass is 32.2. The molecule has 1 saturated carbocycles. The van der Waals surface area contributed by atoms with E-state index in [9.17, 15) is 32.4 Å². The van der Waals surface area contributed by atoms with Crippen LogP contribution in [-0.2, 0) is 29.2 Å². The molecule has 0 bridgehead atoms. The average Bonchev–Trinajstić information content (AvgIpc) is 3.54. The Bertz CT molecular complexity index is 1340. The van der Waals surface area contributed by atoms with Gasteiger partial charge >= 0.3 is 6.03 Å². The van der Waals surface area contributed by atoms with Crippen molar-refractivity contribution in [1.29, 1.82) is 0 Å². The van der Waals surface area contributed by atoms with Gasteiger partial charge in [0.15, 0.2) is 0 Å². The zero-order chi connectivity index (χ0) is 37.9. The van der Waals surface area contributed by atoms with E-state index in [4.69, 9.17) is 0 Å². The summed E-state index contributed by atoms with van der Waals surface area (Å²) < 4.78 is 27.1. The minimum absolute atomic E-state index is 0.0437. The van der Waals surface area contributed by atoms with Gasteiger partial charge in [-0.1, -0.05) is 79.7 Å². The Labute approximate surface area is 305 Å². The maximum absolute atomic E-state index is 14.6. The Morgan fingerprint density at radius 1 is 0.922 bits per heavy atom. The summed E-state index contributed by atoms with van der Waals surface area (Å²) in [6, 6.07) is -3.89. The number of amides is 5. The molecule has 13 nitrogen and oxygen atoms in total. The number of hydrogen-bond acceptors (Lipinski definition) is 7. The molecule has 5 amide bonds. The lowest BCUT2D eigenvalue weighted by atomic mass is 9.82. The first kappa shape index (κ1) is 42.4. The molecule has 2 heterocycles. The Balaban J connectivity index is 1.87. The summed E-state index contributed by atoms with van der Waals surface area (Å²) in [7, 11) is -3.42. The lowest BCUT2D eigenvalue weighted by molar-refractivity contribution is -0.144. The standard InChI is InChI=1S/C37H64N6O7S/c1-8-10-18-28(32(44)34(46)38-20-9-2)39-33(45)31-27(25(3)4)19-22-43(31)35(47)30(26-16-12-11-13-17-26)41-36(48)40-29(37(5,6)7)24-42-21-14-15-23-51(42,49)50/h9,25-31H,2,8,10-24H2,1,3-7H3,(H,38,46)(H,39,45)(H2,40,41,48)/t27?,28?,29-,30+,31+/m1/s1. The normalized spacial score (nSPS) is 23.2. The van der Waals surface area contributed by atoms with Gasteiger partial charge in [-0.15, -0.1) is 6.58 Å². The van der Waals surface area contributed by atoms with E-state index in [0.29, 0.717) is 32.4 Å². The fourth-order valence-corrected chi connectivity index (χ4v) is 9.21. The quantitative estimate of drug-likeness (QED) is 0.139. The first-order valence-corrected chi connectivity index (χ1v) is 20.7. The van der Waals surface area contributed by atoms with E-state index < -0.39 is 63.2 Å². The first-order chi connectivity index (χ1) is 24.0. The zero-order valence-electron chi connectivity index (χ0n) is 31.8. The van der Waals surface area contributed by atoms with E-state index in [1.807, 2.05) is 41.5 Å². The summed E-state index contributed by atoms with van der Waals surface area (Å²) in [4.78, 5) is 69.9. The number of likely N-dealkylation sites (tertiary alicyclic amines) is 1. The van der Waals surface area contributed by atoms with Crippen LogP contribution in [0, 0.1) is 23.2 Å². The van der Waals surface area contributed by atoms with Crippen molar-refractivity contribution in [3.8, 4) is 0 Å². The minimum atomic E-state index is -3.42. The molecule has 5 atom stereocenters. The third kappa shape index (κ3) is 11.8. The van der Waals surface area contributed by atoms with Crippen LogP contribution in [0.5, 0.6) is 0 Å². The number of hydrogen-bond donors (Lipinski definition) is 4. The van der Waals surface area contributed by atoms with Crippen LogP contribution in [0.25, 0.3) is 0 Å². The molecule has 3 aliphatic rings. The average molecular weight is 737 g/mol. The van der Waals surface area contributed by atoms with Gasteiger partial charge in [-0.3, -0.25) is 19.2 Å². The second-order valence-electron chi connectivity index (χ2n) is 16.0. The van der Waals surface area contributed by atoms with Gasteiger partial charge < -0.3 is 26.2 Å². The number of urea groups is 1. The summed E-state index contributed by atoms with van der Waals surface area (Å²) in [6.45, 7) is 16.3. The number of Topliss-reactive ketones (excluding diaryl/α,β-unsaturated/α-hetero) is 1. The molecule has 14 heteroatoms. The molecular weight excluding hydrogens is 673 g/mol. The predicted octanol–water partition coefficient (Wildman–Crippen LogP) is 3.49. The Morgan fingerprint density at radius 3 is 2.20 bits per heavy atom. The molecule has 51 heavy (non-hydrogen) atoms. The molecule has 2 aliphatic heterocycles. The Hall–Kier alpha value is -3.00. The van der Waals surface area contributed by atoms with Crippen molar-refractivity contribution in [2.75, 3.05) is 31.9 Å². The van der Waals surface area contributed by atoms with E-state index in [1.165, 1.54) is 10.4 Å². The number of carbonyl (C=O) groups is 5.